The quantitative estimate of drug-likeness (QED) is 0.576. The maximum absolute atomic E-state index is 12.5. The molecule has 3 heterocycles. The van der Waals surface area contributed by atoms with E-state index in [9.17, 15) is 4.79 Å². The predicted molar refractivity (Wildman–Crippen MR) is 90.7 cm³/mol. The molecule has 24 heavy (non-hydrogen) atoms. The van der Waals surface area contributed by atoms with Gasteiger partial charge < -0.3 is 0 Å². The van der Waals surface area contributed by atoms with Crippen molar-refractivity contribution in [2.75, 3.05) is 0 Å². The maximum atomic E-state index is 12.5. The van der Waals surface area contributed by atoms with Gasteiger partial charge in [0.25, 0.3) is 5.56 Å². The van der Waals surface area contributed by atoms with Gasteiger partial charge in [0.05, 0.1) is 6.20 Å². The first-order valence-corrected chi connectivity index (χ1v) is 7.94. The number of fused-ring (bicyclic) bond motifs is 3. The highest BCUT2D eigenvalue weighted by Crippen LogP contribution is 2.23. The van der Waals surface area contributed by atoms with Crippen LogP contribution >= 0.6 is 0 Å². The molecule has 7 nitrogen and oxygen atoms in total. The summed E-state index contributed by atoms with van der Waals surface area (Å²) in [5.41, 5.74) is 2.94. The van der Waals surface area contributed by atoms with Gasteiger partial charge in [-0.2, -0.15) is 9.61 Å². The molecule has 4 rings (SSSR count). The second kappa shape index (κ2) is 5.84. The van der Waals surface area contributed by atoms with Gasteiger partial charge in [-0.15, -0.1) is 10.2 Å². The molecule has 0 aliphatic rings. The molecular formula is C17H16N6O. The smallest absolute Gasteiger partial charge is 0.283 e. The lowest BCUT2D eigenvalue weighted by Gasteiger charge is -2.05. The Morgan fingerprint density at radius 3 is 2.71 bits per heavy atom. The normalized spacial score (nSPS) is 11.4. The molecule has 0 atom stereocenters. The number of aromatic nitrogens is 6. The minimum Gasteiger partial charge on any atom is -0.297 e. The molecular weight excluding hydrogens is 304 g/mol. The number of nitrogens with zero attached hydrogens (tertiary/aromatic N) is 6. The highest BCUT2D eigenvalue weighted by atomic mass is 16.1. The van der Waals surface area contributed by atoms with Crippen LogP contribution in [0, 0.1) is 0 Å². The van der Waals surface area contributed by atoms with Crippen molar-refractivity contribution >= 4 is 16.8 Å². The number of hydrogen-bond acceptors (Lipinski definition) is 5. The molecule has 0 unspecified atom stereocenters. The number of aryl methyl sites for hydroxylation is 1. The summed E-state index contributed by atoms with van der Waals surface area (Å²) in [6, 6.07) is 9.84. The molecule has 0 radical (unpaired) electrons. The molecule has 0 saturated carbocycles. The molecule has 0 bridgehead atoms. The Morgan fingerprint density at radius 2 is 1.92 bits per heavy atom. The highest BCUT2D eigenvalue weighted by molar-refractivity contribution is 5.80. The molecule has 0 N–H and O–H groups in total. The van der Waals surface area contributed by atoms with Crippen LogP contribution < -0.4 is 5.56 Å². The van der Waals surface area contributed by atoms with Crippen LogP contribution in [0.3, 0.4) is 0 Å². The van der Waals surface area contributed by atoms with E-state index in [-0.39, 0.29) is 11.1 Å². The third-order valence-electron chi connectivity index (χ3n) is 4.02. The largest absolute Gasteiger partial charge is 0.297 e. The van der Waals surface area contributed by atoms with E-state index in [0.717, 1.165) is 24.0 Å². The van der Waals surface area contributed by atoms with E-state index in [1.165, 1.54) is 0 Å². The van der Waals surface area contributed by atoms with E-state index in [1.807, 2.05) is 30.3 Å². The van der Waals surface area contributed by atoms with Gasteiger partial charge in [-0.25, -0.2) is 4.98 Å². The zero-order valence-corrected chi connectivity index (χ0v) is 13.3. The van der Waals surface area contributed by atoms with Crippen LogP contribution in [0.25, 0.3) is 27.9 Å². The summed E-state index contributed by atoms with van der Waals surface area (Å²) >= 11 is 0. The van der Waals surface area contributed by atoms with Crippen molar-refractivity contribution in [2.24, 2.45) is 0 Å². The second-order valence-corrected chi connectivity index (χ2v) is 5.63. The second-order valence-electron chi connectivity index (χ2n) is 5.63. The van der Waals surface area contributed by atoms with Crippen LogP contribution in [0.2, 0.25) is 0 Å². The summed E-state index contributed by atoms with van der Waals surface area (Å²) in [6.45, 7) is 2.71. The molecule has 0 fully saturated rings. The lowest BCUT2D eigenvalue weighted by Crippen LogP contribution is -2.23. The third-order valence-corrected chi connectivity index (χ3v) is 4.02. The number of benzene rings is 1. The molecule has 3 aromatic heterocycles. The van der Waals surface area contributed by atoms with E-state index < -0.39 is 0 Å². The zero-order chi connectivity index (χ0) is 16.5. The standard InChI is InChI=1S/C17H16N6O/c1-2-3-9-22-11-18-16-14(17(22)24)20-21-15-13(10-19-23(15)16)12-7-5-4-6-8-12/h4-8,10-11H,2-3,9H2,1H3. The van der Waals surface area contributed by atoms with Crippen molar-refractivity contribution < 1.29 is 0 Å². The third kappa shape index (κ3) is 2.25. The van der Waals surface area contributed by atoms with Crippen LogP contribution in [-0.2, 0) is 6.54 Å². The van der Waals surface area contributed by atoms with Crippen LogP contribution in [0.15, 0.2) is 47.7 Å². The Balaban J connectivity index is 1.92. The summed E-state index contributed by atoms with van der Waals surface area (Å²) in [5, 5.41) is 12.7. The number of unbranched alkanes of at least 4 members (excludes halogenated alkanes) is 1. The molecule has 0 amide bonds. The molecule has 4 aromatic rings. The average molecular weight is 320 g/mol. The van der Waals surface area contributed by atoms with Crippen LogP contribution in [0.5, 0.6) is 0 Å². The first-order chi connectivity index (χ1) is 11.8. The van der Waals surface area contributed by atoms with Crippen molar-refractivity contribution in [3.63, 3.8) is 0 Å². The minimum absolute atomic E-state index is 0.181. The molecule has 0 aliphatic carbocycles. The Labute approximate surface area is 137 Å². The first-order valence-electron chi connectivity index (χ1n) is 7.94. The Morgan fingerprint density at radius 1 is 1.08 bits per heavy atom. The topological polar surface area (TPSA) is 78.0 Å². The van der Waals surface area contributed by atoms with E-state index in [0.29, 0.717) is 17.8 Å². The van der Waals surface area contributed by atoms with Gasteiger partial charge in [0.2, 0.25) is 0 Å². The molecule has 1 aromatic carbocycles. The van der Waals surface area contributed by atoms with E-state index in [4.69, 9.17) is 0 Å². The van der Waals surface area contributed by atoms with Gasteiger partial charge in [0.15, 0.2) is 16.8 Å². The van der Waals surface area contributed by atoms with Gasteiger partial charge in [-0.05, 0) is 12.0 Å². The lowest BCUT2D eigenvalue weighted by molar-refractivity contribution is 0.605. The Bertz CT molecular complexity index is 1070. The summed E-state index contributed by atoms with van der Waals surface area (Å²) < 4.78 is 3.16. The molecule has 0 saturated heterocycles. The first kappa shape index (κ1) is 14.5. The zero-order valence-electron chi connectivity index (χ0n) is 13.3. The van der Waals surface area contributed by atoms with Gasteiger partial charge in [0.1, 0.15) is 6.33 Å². The Kier molecular flexibility index (Phi) is 3.53. The van der Waals surface area contributed by atoms with Crippen LogP contribution in [-0.4, -0.2) is 29.4 Å². The van der Waals surface area contributed by atoms with Gasteiger partial charge in [-0.3, -0.25) is 9.36 Å². The minimum atomic E-state index is -0.181. The van der Waals surface area contributed by atoms with Crippen molar-refractivity contribution in [1.82, 2.24) is 29.4 Å². The van der Waals surface area contributed by atoms with E-state index in [1.54, 1.807) is 21.6 Å². The van der Waals surface area contributed by atoms with Gasteiger partial charge in [0, 0.05) is 12.1 Å². The summed E-state index contributed by atoms with van der Waals surface area (Å²) in [5.74, 6) is 0. The fourth-order valence-corrected chi connectivity index (χ4v) is 2.71. The SMILES string of the molecule is CCCCn1cnc2c(nnc3c(-c4ccccc4)cnn32)c1=O. The molecule has 0 aliphatic heterocycles. The highest BCUT2D eigenvalue weighted by Gasteiger charge is 2.14. The molecule has 0 spiro atoms. The number of rotatable bonds is 4. The lowest BCUT2D eigenvalue weighted by atomic mass is 10.1. The van der Waals surface area contributed by atoms with E-state index in [2.05, 4.69) is 27.2 Å². The van der Waals surface area contributed by atoms with Crippen molar-refractivity contribution in [3.8, 4) is 11.1 Å². The predicted octanol–water partition coefficient (Wildman–Crippen LogP) is 2.30. The number of hydrogen-bond donors (Lipinski definition) is 0. The average Bonchev–Trinajstić information content (AvgIpc) is 3.06. The van der Waals surface area contributed by atoms with Crippen LogP contribution in [0.4, 0.5) is 0 Å². The fraction of sp³-hybridized carbons (Fsp3) is 0.235. The summed E-state index contributed by atoms with van der Waals surface area (Å²) in [7, 11) is 0. The summed E-state index contributed by atoms with van der Waals surface area (Å²) in [4.78, 5) is 16.9. The fourth-order valence-electron chi connectivity index (χ4n) is 2.71. The Hall–Kier alpha value is -3.09. The van der Waals surface area contributed by atoms with Crippen molar-refractivity contribution in [1.29, 1.82) is 0 Å². The monoisotopic (exact) mass is 320 g/mol. The van der Waals surface area contributed by atoms with Crippen molar-refractivity contribution in [2.45, 2.75) is 26.3 Å². The molecule has 7 heteroatoms. The van der Waals surface area contributed by atoms with Crippen LogP contribution in [0.1, 0.15) is 19.8 Å². The van der Waals surface area contributed by atoms with E-state index >= 15 is 0 Å². The summed E-state index contributed by atoms with van der Waals surface area (Å²) in [6.07, 6.45) is 5.21. The van der Waals surface area contributed by atoms with Gasteiger partial charge in [-0.1, -0.05) is 43.7 Å². The maximum Gasteiger partial charge on any atom is 0.283 e. The van der Waals surface area contributed by atoms with Crippen molar-refractivity contribution in [3.05, 3.63) is 53.2 Å². The molecule has 120 valence electrons. The van der Waals surface area contributed by atoms with Gasteiger partial charge >= 0.3 is 0 Å².